The van der Waals surface area contributed by atoms with Crippen LogP contribution in [0.1, 0.15) is 5.56 Å². The third kappa shape index (κ3) is 2.23. The first-order chi connectivity index (χ1) is 8.76. The van der Waals surface area contributed by atoms with Crippen LogP contribution in [0.25, 0.3) is 0 Å². The average Bonchev–Trinajstić information content (AvgIpc) is 2.46. The maximum Gasteiger partial charge on any atom is 0.224 e. The molecule has 0 spiro atoms. The fourth-order valence-electron chi connectivity index (χ4n) is 1.64. The molecule has 0 atom stereocenters. The number of nitrogens with one attached hydrogen (secondary N) is 1. The summed E-state index contributed by atoms with van der Waals surface area (Å²) < 4.78 is 0. The van der Waals surface area contributed by atoms with Gasteiger partial charge in [0.2, 0.25) is 5.95 Å². The van der Waals surface area contributed by atoms with Crippen molar-refractivity contribution in [1.29, 1.82) is 5.26 Å². The van der Waals surface area contributed by atoms with Gasteiger partial charge in [-0.05, 0) is 18.2 Å². The predicted molar refractivity (Wildman–Crippen MR) is 70.8 cm³/mol. The maximum atomic E-state index is 9.09. The summed E-state index contributed by atoms with van der Waals surface area (Å²) in [6.07, 6.45) is 1.68. The molecule has 0 aliphatic heterocycles. The van der Waals surface area contributed by atoms with Crippen molar-refractivity contribution in [2.75, 3.05) is 24.3 Å². The summed E-state index contributed by atoms with van der Waals surface area (Å²) in [6, 6.07) is 11.4. The Balaban J connectivity index is 2.41. The van der Waals surface area contributed by atoms with E-state index in [0.717, 1.165) is 11.5 Å². The molecule has 0 radical (unpaired) electrons. The Hall–Kier alpha value is -2.61. The largest absolute Gasteiger partial charge is 0.357 e. The topological polar surface area (TPSA) is 64.8 Å². The molecule has 5 nitrogen and oxygen atoms in total. The molecule has 1 N–H and O–H groups in total. The number of benzene rings is 1. The fourth-order valence-corrected chi connectivity index (χ4v) is 1.64. The minimum atomic E-state index is 0.550. The average molecular weight is 239 g/mol. The standard InChI is InChI=1S/C13H13N5/c1-15-13-16-8-7-12(17-13)18(2)11-6-4-3-5-10(11)9-14/h3-8H,1-2H3,(H,15,16,17). The summed E-state index contributed by atoms with van der Waals surface area (Å²) in [6.45, 7) is 0. The molecule has 1 aromatic heterocycles. The molecule has 0 fully saturated rings. The van der Waals surface area contributed by atoms with Crippen LogP contribution in [0.5, 0.6) is 0 Å². The van der Waals surface area contributed by atoms with Crippen LogP contribution in [-0.2, 0) is 0 Å². The maximum absolute atomic E-state index is 9.09. The third-order valence-electron chi connectivity index (χ3n) is 2.59. The molecule has 0 bridgehead atoms. The normalized spacial score (nSPS) is 9.61. The Labute approximate surface area is 106 Å². The molecule has 90 valence electrons. The number of para-hydroxylation sites is 1. The molecule has 18 heavy (non-hydrogen) atoms. The van der Waals surface area contributed by atoms with Gasteiger partial charge in [-0.2, -0.15) is 10.2 Å². The van der Waals surface area contributed by atoms with E-state index in [-0.39, 0.29) is 0 Å². The van der Waals surface area contributed by atoms with Crippen molar-refractivity contribution < 1.29 is 0 Å². The van der Waals surface area contributed by atoms with Crippen LogP contribution in [0, 0.1) is 11.3 Å². The smallest absolute Gasteiger partial charge is 0.224 e. The van der Waals surface area contributed by atoms with E-state index < -0.39 is 0 Å². The zero-order chi connectivity index (χ0) is 13.0. The van der Waals surface area contributed by atoms with Crippen molar-refractivity contribution in [3.63, 3.8) is 0 Å². The molecular formula is C13H13N5. The van der Waals surface area contributed by atoms with Crippen molar-refractivity contribution in [2.45, 2.75) is 0 Å². The Morgan fingerprint density at radius 1 is 1.28 bits per heavy atom. The van der Waals surface area contributed by atoms with Gasteiger partial charge < -0.3 is 10.2 Å². The van der Waals surface area contributed by atoms with Crippen LogP contribution in [0.3, 0.4) is 0 Å². The van der Waals surface area contributed by atoms with Crippen molar-refractivity contribution in [3.05, 3.63) is 42.1 Å². The molecule has 1 aromatic carbocycles. The van der Waals surface area contributed by atoms with Gasteiger partial charge in [-0.15, -0.1) is 0 Å². The van der Waals surface area contributed by atoms with Gasteiger partial charge in [0.15, 0.2) is 0 Å². The summed E-state index contributed by atoms with van der Waals surface area (Å²) in [5.41, 5.74) is 1.44. The first kappa shape index (κ1) is 11.9. The summed E-state index contributed by atoms with van der Waals surface area (Å²) >= 11 is 0. The van der Waals surface area contributed by atoms with E-state index in [1.54, 1.807) is 25.4 Å². The van der Waals surface area contributed by atoms with Crippen molar-refractivity contribution in [1.82, 2.24) is 9.97 Å². The minimum Gasteiger partial charge on any atom is -0.357 e. The molecule has 2 aromatic rings. The van der Waals surface area contributed by atoms with Crippen LogP contribution >= 0.6 is 0 Å². The van der Waals surface area contributed by atoms with Gasteiger partial charge in [-0.3, -0.25) is 0 Å². The van der Waals surface area contributed by atoms with E-state index in [2.05, 4.69) is 21.4 Å². The second kappa shape index (κ2) is 5.15. The molecule has 0 saturated heterocycles. The number of anilines is 3. The van der Waals surface area contributed by atoms with Crippen molar-refractivity contribution in [3.8, 4) is 6.07 Å². The lowest BCUT2D eigenvalue weighted by Gasteiger charge is -2.19. The van der Waals surface area contributed by atoms with Crippen LogP contribution in [0.4, 0.5) is 17.5 Å². The van der Waals surface area contributed by atoms with Gasteiger partial charge in [-0.25, -0.2) is 4.98 Å². The second-order valence-corrected chi connectivity index (χ2v) is 3.68. The van der Waals surface area contributed by atoms with Gasteiger partial charge in [0.1, 0.15) is 11.9 Å². The van der Waals surface area contributed by atoms with Crippen LogP contribution < -0.4 is 10.2 Å². The quantitative estimate of drug-likeness (QED) is 0.889. The van der Waals surface area contributed by atoms with Crippen LogP contribution in [0.15, 0.2) is 36.5 Å². The van der Waals surface area contributed by atoms with Gasteiger partial charge >= 0.3 is 0 Å². The van der Waals surface area contributed by atoms with E-state index in [1.807, 2.05) is 30.1 Å². The molecule has 0 saturated carbocycles. The molecule has 2 rings (SSSR count). The Morgan fingerprint density at radius 2 is 2.06 bits per heavy atom. The SMILES string of the molecule is CNc1nccc(N(C)c2ccccc2C#N)n1. The van der Waals surface area contributed by atoms with Gasteiger partial charge in [0.25, 0.3) is 0 Å². The Morgan fingerprint density at radius 3 is 2.78 bits per heavy atom. The van der Waals surface area contributed by atoms with E-state index in [0.29, 0.717) is 11.5 Å². The zero-order valence-electron chi connectivity index (χ0n) is 10.3. The third-order valence-corrected chi connectivity index (χ3v) is 2.59. The highest BCUT2D eigenvalue weighted by Gasteiger charge is 2.10. The summed E-state index contributed by atoms with van der Waals surface area (Å²) in [5.74, 6) is 1.28. The minimum absolute atomic E-state index is 0.550. The van der Waals surface area contributed by atoms with Crippen molar-refractivity contribution >= 4 is 17.5 Å². The lowest BCUT2D eigenvalue weighted by Crippen LogP contribution is -2.13. The predicted octanol–water partition coefficient (Wildman–Crippen LogP) is 2.16. The summed E-state index contributed by atoms with van der Waals surface area (Å²) in [5, 5.41) is 12.0. The van der Waals surface area contributed by atoms with E-state index in [9.17, 15) is 0 Å². The lowest BCUT2D eigenvalue weighted by atomic mass is 10.2. The monoisotopic (exact) mass is 239 g/mol. The number of rotatable bonds is 3. The number of hydrogen-bond donors (Lipinski definition) is 1. The molecule has 0 aliphatic rings. The summed E-state index contributed by atoms with van der Waals surface area (Å²) in [7, 11) is 3.64. The highest BCUT2D eigenvalue weighted by molar-refractivity contribution is 5.66. The number of nitrogens with zero attached hydrogens (tertiary/aromatic N) is 4. The molecule has 0 aliphatic carbocycles. The fraction of sp³-hybridized carbons (Fsp3) is 0.154. The first-order valence-corrected chi connectivity index (χ1v) is 5.50. The van der Waals surface area contributed by atoms with Crippen molar-refractivity contribution in [2.24, 2.45) is 0 Å². The van der Waals surface area contributed by atoms with Gasteiger partial charge in [-0.1, -0.05) is 12.1 Å². The highest BCUT2D eigenvalue weighted by atomic mass is 15.2. The summed E-state index contributed by atoms with van der Waals surface area (Å²) in [4.78, 5) is 10.3. The van der Waals surface area contributed by atoms with E-state index in [4.69, 9.17) is 5.26 Å². The molecular weight excluding hydrogens is 226 g/mol. The molecule has 0 unspecified atom stereocenters. The van der Waals surface area contributed by atoms with E-state index in [1.165, 1.54) is 0 Å². The molecule has 5 heteroatoms. The van der Waals surface area contributed by atoms with Crippen LogP contribution in [-0.4, -0.2) is 24.1 Å². The second-order valence-electron chi connectivity index (χ2n) is 3.68. The zero-order valence-corrected chi connectivity index (χ0v) is 10.3. The highest BCUT2D eigenvalue weighted by Crippen LogP contribution is 2.25. The molecule has 1 heterocycles. The Bertz CT molecular complexity index is 588. The molecule has 0 amide bonds. The van der Waals surface area contributed by atoms with Gasteiger partial charge in [0.05, 0.1) is 11.3 Å². The number of nitriles is 1. The number of hydrogen-bond acceptors (Lipinski definition) is 5. The van der Waals surface area contributed by atoms with Crippen LogP contribution in [0.2, 0.25) is 0 Å². The van der Waals surface area contributed by atoms with Gasteiger partial charge in [0, 0.05) is 20.3 Å². The lowest BCUT2D eigenvalue weighted by molar-refractivity contribution is 1.07. The first-order valence-electron chi connectivity index (χ1n) is 5.50. The number of aromatic nitrogens is 2. The Kier molecular flexibility index (Phi) is 3.39. The van der Waals surface area contributed by atoms with E-state index >= 15 is 0 Å².